The van der Waals surface area contributed by atoms with Gasteiger partial charge in [-0.25, -0.2) is 0 Å². The summed E-state index contributed by atoms with van der Waals surface area (Å²) in [5.41, 5.74) is 6.26. The van der Waals surface area contributed by atoms with E-state index in [1.54, 1.807) is 0 Å². The summed E-state index contributed by atoms with van der Waals surface area (Å²) in [5.74, 6) is 0. The molecular weight excluding hydrogens is 240 g/mol. The van der Waals surface area contributed by atoms with Crippen LogP contribution < -0.4 is 5.73 Å². The van der Waals surface area contributed by atoms with Crippen molar-refractivity contribution in [3.63, 3.8) is 0 Å². The van der Waals surface area contributed by atoms with Crippen molar-refractivity contribution in [1.29, 1.82) is 0 Å². The molecule has 0 bridgehead atoms. The third-order valence-electron chi connectivity index (χ3n) is 3.09. The molecule has 0 aliphatic carbocycles. The van der Waals surface area contributed by atoms with Crippen LogP contribution in [0, 0.1) is 5.41 Å². The predicted octanol–water partition coefficient (Wildman–Crippen LogP) is 2.12. The van der Waals surface area contributed by atoms with Crippen molar-refractivity contribution in [3.05, 3.63) is 0 Å². The molecule has 0 heterocycles. The van der Waals surface area contributed by atoms with Gasteiger partial charge in [-0.1, -0.05) is 20.8 Å². The van der Waals surface area contributed by atoms with Crippen molar-refractivity contribution in [1.82, 2.24) is 4.90 Å². The first-order chi connectivity index (χ1) is 8.94. The van der Waals surface area contributed by atoms with Crippen LogP contribution in [0.15, 0.2) is 0 Å². The molecule has 0 aliphatic heterocycles. The minimum absolute atomic E-state index is 0.291. The highest BCUT2D eigenvalue weighted by Crippen LogP contribution is 2.23. The summed E-state index contributed by atoms with van der Waals surface area (Å²) >= 11 is 0. The summed E-state index contributed by atoms with van der Waals surface area (Å²) in [4.78, 5) is 2.41. The normalized spacial score (nSPS) is 14.1. The van der Waals surface area contributed by atoms with Crippen LogP contribution in [-0.4, -0.2) is 57.0 Å². The van der Waals surface area contributed by atoms with E-state index in [9.17, 15) is 0 Å². The minimum atomic E-state index is 0.291. The monoisotopic (exact) mass is 274 g/mol. The summed E-state index contributed by atoms with van der Waals surface area (Å²) in [7, 11) is 0. The first kappa shape index (κ1) is 18.8. The Balaban J connectivity index is 4.37. The van der Waals surface area contributed by atoms with E-state index in [0.717, 1.165) is 45.9 Å². The maximum absolute atomic E-state index is 5.97. The molecule has 0 saturated carbocycles. The van der Waals surface area contributed by atoms with Gasteiger partial charge in [-0.15, -0.1) is 0 Å². The third kappa shape index (κ3) is 10.3. The lowest BCUT2D eigenvalue weighted by Gasteiger charge is -2.35. The quantitative estimate of drug-likeness (QED) is 0.586. The van der Waals surface area contributed by atoms with Crippen LogP contribution in [0.3, 0.4) is 0 Å². The SMILES string of the molecule is CCOCCN(CCOCC)C(CN)CC(C)(C)C. The van der Waals surface area contributed by atoms with E-state index in [2.05, 4.69) is 25.7 Å². The van der Waals surface area contributed by atoms with Gasteiger partial charge >= 0.3 is 0 Å². The Kier molecular flexibility index (Phi) is 10.5. The van der Waals surface area contributed by atoms with Gasteiger partial charge in [-0.3, -0.25) is 4.90 Å². The highest BCUT2D eigenvalue weighted by Gasteiger charge is 2.23. The second-order valence-corrected chi connectivity index (χ2v) is 6.08. The van der Waals surface area contributed by atoms with Crippen LogP contribution in [0.2, 0.25) is 0 Å². The van der Waals surface area contributed by atoms with Gasteiger partial charge in [0.05, 0.1) is 13.2 Å². The van der Waals surface area contributed by atoms with Crippen molar-refractivity contribution in [2.45, 2.75) is 47.1 Å². The van der Waals surface area contributed by atoms with Crippen LogP contribution in [0.4, 0.5) is 0 Å². The maximum Gasteiger partial charge on any atom is 0.0593 e. The molecule has 0 saturated heterocycles. The number of nitrogens with zero attached hydrogens (tertiary/aromatic N) is 1. The molecule has 0 aliphatic rings. The second-order valence-electron chi connectivity index (χ2n) is 6.08. The zero-order valence-corrected chi connectivity index (χ0v) is 13.6. The number of hydrogen-bond acceptors (Lipinski definition) is 4. The molecule has 1 unspecified atom stereocenters. The molecular formula is C15H34N2O2. The van der Waals surface area contributed by atoms with Crippen molar-refractivity contribution >= 4 is 0 Å². The second kappa shape index (κ2) is 10.6. The lowest BCUT2D eigenvalue weighted by Crippen LogP contribution is -2.46. The molecule has 0 aromatic heterocycles. The molecule has 0 aromatic carbocycles. The largest absolute Gasteiger partial charge is 0.380 e. The summed E-state index contributed by atoms with van der Waals surface area (Å²) in [5, 5.41) is 0. The molecule has 116 valence electrons. The van der Waals surface area contributed by atoms with Crippen molar-refractivity contribution in [2.75, 3.05) is 46.1 Å². The molecule has 0 fully saturated rings. The van der Waals surface area contributed by atoms with Crippen LogP contribution in [0.25, 0.3) is 0 Å². The fourth-order valence-corrected chi connectivity index (χ4v) is 2.20. The fourth-order valence-electron chi connectivity index (χ4n) is 2.20. The van der Waals surface area contributed by atoms with E-state index < -0.39 is 0 Å². The van der Waals surface area contributed by atoms with Gasteiger partial charge in [0.15, 0.2) is 0 Å². The molecule has 0 amide bonds. The topological polar surface area (TPSA) is 47.7 Å². The number of hydrogen-bond donors (Lipinski definition) is 1. The van der Waals surface area contributed by atoms with Gasteiger partial charge in [-0.2, -0.15) is 0 Å². The number of rotatable bonds is 11. The zero-order chi connectivity index (χ0) is 14.7. The Morgan fingerprint density at radius 2 is 1.47 bits per heavy atom. The van der Waals surface area contributed by atoms with E-state index in [1.165, 1.54) is 0 Å². The smallest absolute Gasteiger partial charge is 0.0593 e. The van der Waals surface area contributed by atoms with Crippen molar-refractivity contribution < 1.29 is 9.47 Å². The Morgan fingerprint density at radius 1 is 1.00 bits per heavy atom. The predicted molar refractivity (Wildman–Crippen MR) is 81.5 cm³/mol. The van der Waals surface area contributed by atoms with Gasteiger partial charge in [0.2, 0.25) is 0 Å². The molecule has 0 aromatic rings. The fraction of sp³-hybridized carbons (Fsp3) is 1.00. The Hall–Kier alpha value is -0.160. The van der Waals surface area contributed by atoms with Gasteiger partial charge in [0.25, 0.3) is 0 Å². The van der Waals surface area contributed by atoms with Crippen LogP contribution in [0.1, 0.15) is 41.0 Å². The summed E-state index contributed by atoms with van der Waals surface area (Å²) in [6.07, 6.45) is 1.10. The number of nitrogens with two attached hydrogens (primary N) is 1. The molecule has 4 nitrogen and oxygen atoms in total. The minimum Gasteiger partial charge on any atom is -0.380 e. The summed E-state index contributed by atoms with van der Waals surface area (Å²) in [6.45, 7) is 16.5. The van der Waals surface area contributed by atoms with Gasteiger partial charge in [0, 0.05) is 38.9 Å². The van der Waals surface area contributed by atoms with Gasteiger partial charge in [-0.05, 0) is 25.7 Å². The average Bonchev–Trinajstić information content (AvgIpc) is 2.33. The average molecular weight is 274 g/mol. The molecule has 1 atom stereocenters. The van der Waals surface area contributed by atoms with Gasteiger partial charge < -0.3 is 15.2 Å². The van der Waals surface area contributed by atoms with Crippen LogP contribution in [-0.2, 0) is 9.47 Å². The standard InChI is InChI=1S/C15H34N2O2/c1-6-18-10-8-17(9-11-19-7-2)14(13-16)12-15(3,4)5/h14H,6-13,16H2,1-5H3. The number of ether oxygens (including phenoxy) is 2. The third-order valence-corrected chi connectivity index (χ3v) is 3.09. The Bertz CT molecular complexity index is 195. The Morgan fingerprint density at radius 3 is 1.79 bits per heavy atom. The lowest BCUT2D eigenvalue weighted by atomic mass is 9.87. The first-order valence-electron chi connectivity index (χ1n) is 7.54. The highest BCUT2D eigenvalue weighted by atomic mass is 16.5. The molecule has 0 rings (SSSR count). The van der Waals surface area contributed by atoms with Crippen LogP contribution >= 0.6 is 0 Å². The molecule has 19 heavy (non-hydrogen) atoms. The molecule has 0 spiro atoms. The van der Waals surface area contributed by atoms with E-state index >= 15 is 0 Å². The summed E-state index contributed by atoms with van der Waals surface area (Å²) in [6, 6.07) is 0.404. The first-order valence-corrected chi connectivity index (χ1v) is 7.54. The van der Waals surface area contributed by atoms with E-state index in [4.69, 9.17) is 15.2 Å². The van der Waals surface area contributed by atoms with E-state index in [-0.39, 0.29) is 0 Å². The summed E-state index contributed by atoms with van der Waals surface area (Å²) < 4.78 is 10.9. The van der Waals surface area contributed by atoms with E-state index in [0.29, 0.717) is 18.0 Å². The van der Waals surface area contributed by atoms with Crippen molar-refractivity contribution in [3.8, 4) is 0 Å². The maximum atomic E-state index is 5.97. The van der Waals surface area contributed by atoms with Crippen molar-refractivity contribution in [2.24, 2.45) is 11.1 Å². The van der Waals surface area contributed by atoms with E-state index in [1.807, 2.05) is 13.8 Å². The Labute approximate surface area is 119 Å². The van der Waals surface area contributed by atoms with Gasteiger partial charge in [0.1, 0.15) is 0 Å². The zero-order valence-electron chi connectivity index (χ0n) is 13.6. The lowest BCUT2D eigenvalue weighted by molar-refractivity contribution is 0.0539. The highest BCUT2D eigenvalue weighted by molar-refractivity contribution is 4.78. The molecule has 4 heteroatoms. The molecule has 0 radical (unpaired) electrons. The van der Waals surface area contributed by atoms with Crippen LogP contribution in [0.5, 0.6) is 0 Å². The molecule has 2 N–H and O–H groups in total.